The first-order chi connectivity index (χ1) is 10.1. The third-order valence-electron chi connectivity index (χ3n) is 3.26. The van der Waals surface area contributed by atoms with Gasteiger partial charge in [0.05, 0.1) is 0 Å². The molecule has 21 heavy (non-hydrogen) atoms. The smallest absolute Gasteiger partial charge is 0.138 e. The Bertz CT molecular complexity index is 592. The van der Waals surface area contributed by atoms with E-state index in [1.165, 1.54) is 18.5 Å². The van der Waals surface area contributed by atoms with E-state index in [1.54, 1.807) is 11.7 Å². The lowest BCUT2D eigenvalue weighted by Crippen LogP contribution is -2.23. The maximum atomic E-state index is 14.1. The molecule has 0 fully saturated rings. The van der Waals surface area contributed by atoms with Crippen LogP contribution < -0.4 is 5.32 Å². The molecule has 0 aliphatic rings. The predicted octanol–water partition coefficient (Wildman–Crippen LogP) is 3.23. The Morgan fingerprint density at radius 2 is 2.00 bits per heavy atom. The van der Waals surface area contributed by atoms with Crippen molar-refractivity contribution >= 4 is 15.9 Å². The standard InChI is InChI=1S/C14H17BrF2N4/c1-3-4-21-13(19-8-20-21)7-12(18-2)14-10(16)5-9(15)6-11(14)17/h5-6,8,12,18H,3-4,7H2,1-2H3. The number of hydrogen-bond donors (Lipinski definition) is 1. The topological polar surface area (TPSA) is 42.7 Å². The molecule has 1 heterocycles. The lowest BCUT2D eigenvalue weighted by Gasteiger charge is -2.18. The summed E-state index contributed by atoms with van der Waals surface area (Å²) in [6.45, 7) is 2.77. The molecule has 0 radical (unpaired) electrons. The monoisotopic (exact) mass is 358 g/mol. The Kier molecular flexibility index (Phi) is 5.41. The molecule has 2 aromatic rings. The van der Waals surface area contributed by atoms with E-state index >= 15 is 0 Å². The highest BCUT2D eigenvalue weighted by Crippen LogP contribution is 2.26. The van der Waals surface area contributed by atoms with E-state index in [0.29, 0.717) is 16.7 Å². The molecular formula is C14H17BrF2N4. The zero-order valence-corrected chi connectivity index (χ0v) is 13.5. The van der Waals surface area contributed by atoms with Crippen molar-refractivity contribution in [2.75, 3.05) is 7.05 Å². The molecule has 0 saturated carbocycles. The van der Waals surface area contributed by atoms with Crippen molar-refractivity contribution in [2.45, 2.75) is 32.4 Å². The quantitative estimate of drug-likeness (QED) is 0.861. The van der Waals surface area contributed by atoms with Crippen molar-refractivity contribution in [3.05, 3.63) is 46.0 Å². The van der Waals surface area contributed by atoms with Crippen LogP contribution in [-0.4, -0.2) is 21.8 Å². The number of likely N-dealkylation sites (N-methyl/N-ethyl adjacent to an activating group) is 1. The fourth-order valence-corrected chi connectivity index (χ4v) is 2.66. The molecule has 0 amide bonds. The van der Waals surface area contributed by atoms with Crippen molar-refractivity contribution in [2.24, 2.45) is 0 Å². The van der Waals surface area contributed by atoms with E-state index in [9.17, 15) is 8.78 Å². The van der Waals surface area contributed by atoms with Gasteiger partial charge < -0.3 is 5.32 Å². The van der Waals surface area contributed by atoms with Gasteiger partial charge in [0.2, 0.25) is 0 Å². The molecule has 0 bridgehead atoms. The molecule has 4 nitrogen and oxygen atoms in total. The summed E-state index contributed by atoms with van der Waals surface area (Å²) >= 11 is 3.08. The van der Waals surface area contributed by atoms with Crippen molar-refractivity contribution in [3.8, 4) is 0 Å². The van der Waals surface area contributed by atoms with Crippen LogP contribution in [0.2, 0.25) is 0 Å². The largest absolute Gasteiger partial charge is 0.312 e. The van der Waals surface area contributed by atoms with E-state index in [2.05, 4.69) is 31.3 Å². The predicted molar refractivity (Wildman–Crippen MR) is 79.9 cm³/mol. The second-order valence-electron chi connectivity index (χ2n) is 4.73. The first-order valence-electron chi connectivity index (χ1n) is 6.75. The van der Waals surface area contributed by atoms with Gasteiger partial charge in [-0.05, 0) is 25.6 Å². The van der Waals surface area contributed by atoms with E-state index in [4.69, 9.17) is 0 Å². The molecule has 114 valence electrons. The summed E-state index contributed by atoms with van der Waals surface area (Å²) < 4.78 is 30.3. The molecule has 7 heteroatoms. The minimum Gasteiger partial charge on any atom is -0.312 e. The lowest BCUT2D eigenvalue weighted by atomic mass is 10.0. The molecule has 1 unspecified atom stereocenters. The van der Waals surface area contributed by atoms with E-state index in [1.807, 2.05) is 6.92 Å². The van der Waals surface area contributed by atoms with Gasteiger partial charge in [0.1, 0.15) is 23.8 Å². The molecule has 1 aromatic heterocycles. The van der Waals surface area contributed by atoms with Crippen LogP contribution in [0, 0.1) is 11.6 Å². The van der Waals surface area contributed by atoms with Gasteiger partial charge in [0, 0.05) is 29.0 Å². The Morgan fingerprint density at radius 3 is 2.57 bits per heavy atom. The van der Waals surface area contributed by atoms with Crippen LogP contribution >= 0.6 is 15.9 Å². The van der Waals surface area contributed by atoms with Gasteiger partial charge in [0.25, 0.3) is 0 Å². The second-order valence-corrected chi connectivity index (χ2v) is 5.64. The summed E-state index contributed by atoms with van der Waals surface area (Å²) in [4.78, 5) is 4.18. The third kappa shape index (κ3) is 3.65. The van der Waals surface area contributed by atoms with Gasteiger partial charge in [0.15, 0.2) is 0 Å². The number of rotatable bonds is 6. The first-order valence-corrected chi connectivity index (χ1v) is 7.54. The van der Waals surface area contributed by atoms with Crippen LogP contribution in [0.15, 0.2) is 22.9 Å². The average molecular weight is 359 g/mol. The summed E-state index contributed by atoms with van der Waals surface area (Å²) in [6, 6.07) is 2.02. The fourth-order valence-electron chi connectivity index (χ4n) is 2.26. The summed E-state index contributed by atoms with van der Waals surface area (Å²) in [5.74, 6) is -0.455. The van der Waals surface area contributed by atoms with E-state index in [-0.39, 0.29) is 5.56 Å². The molecule has 0 saturated heterocycles. The number of nitrogens with one attached hydrogen (secondary N) is 1. The Balaban J connectivity index is 2.30. The van der Waals surface area contributed by atoms with Gasteiger partial charge in [-0.25, -0.2) is 13.8 Å². The summed E-state index contributed by atoms with van der Waals surface area (Å²) in [5, 5.41) is 7.08. The molecule has 0 spiro atoms. The number of halogens is 3. The van der Waals surface area contributed by atoms with E-state index in [0.717, 1.165) is 13.0 Å². The summed E-state index contributed by atoms with van der Waals surface area (Å²) in [5.41, 5.74) is 0.0201. The Morgan fingerprint density at radius 1 is 1.33 bits per heavy atom. The van der Waals surface area contributed by atoms with Crippen LogP contribution in [0.1, 0.15) is 30.8 Å². The third-order valence-corrected chi connectivity index (χ3v) is 3.72. The second kappa shape index (κ2) is 7.09. The molecular weight excluding hydrogens is 342 g/mol. The highest BCUT2D eigenvalue weighted by Gasteiger charge is 2.22. The lowest BCUT2D eigenvalue weighted by molar-refractivity contribution is 0.467. The van der Waals surface area contributed by atoms with Crippen LogP contribution in [0.4, 0.5) is 8.78 Å². The normalized spacial score (nSPS) is 12.6. The van der Waals surface area contributed by atoms with Crippen molar-refractivity contribution < 1.29 is 8.78 Å². The highest BCUT2D eigenvalue weighted by molar-refractivity contribution is 9.10. The number of benzene rings is 1. The van der Waals surface area contributed by atoms with Gasteiger partial charge in [-0.1, -0.05) is 22.9 Å². The fraction of sp³-hybridized carbons (Fsp3) is 0.429. The van der Waals surface area contributed by atoms with Crippen LogP contribution in [0.3, 0.4) is 0 Å². The van der Waals surface area contributed by atoms with Crippen molar-refractivity contribution in [3.63, 3.8) is 0 Å². The molecule has 0 aliphatic heterocycles. The van der Waals surface area contributed by atoms with Gasteiger partial charge in [-0.2, -0.15) is 5.10 Å². The zero-order valence-electron chi connectivity index (χ0n) is 11.9. The van der Waals surface area contributed by atoms with Gasteiger partial charge >= 0.3 is 0 Å². The van der Waals surface area contributed by atoms with Crippen molar-refractivity contribution in [1.29, 1.82) is 0 Å². The Labute approximate surface area is 130 Å². The van der Waals surface area contributed by atoms with Gasteiger partial charge in [-0.15, -0.1) is 0 Å². The van der Waals surface area contributed by atoms with Crippen LogP contribution in [0.5, 0.6) is 0 Å². The SMILES string of the molecule is CCCn1ncnc1CC(NC)c1c(F)cc(Br)cc1F. The van der Waals surface area contributed by atoms with Gasteiger partial charge in [-0.3, -0.25) is 4.68 Å². The Hall–Kier alpha value is -1.34. The molecule has 1 aromatic carbocycles. The first kappa shape index (κ1) is 16.0. The summed E-state index contributed by atoms with van der Waals surface area (Å²) in [6.07, 6.45) is 2.75. The zero-order chi connectivity index (χ0) is 15.4. The molecule has 1 N–H and O–H groups in total. The maximum absolute atomic E-state index is 14.1. The van der Waals surface area contributed by atoms with Crippen LogP contribution in [0.25, 0.3) is 0 Å². The molecule has 2 rings (SSSR count). The maximum Gasteiger partial charge on any atom is 0.138 e. The minimum atomic E-state index is -0.581. The number of hydrogen-bond acceptors (Lipinski definition) is 3. The molecule has 0 aliphatic carbocycles. The number of nitrogens with zero attached hydrogens (tertiary/aromatic N) is 3. The average Bonchev–Trinajstić information content (AvgIpc) is 2.84. The molecule has 1 atom stereocenters. The summed E-state index contributed by atoms with van der Waals surface area (Å²) in [7, 11) is 1.67. The van der Waals surface area contributed by atoms with Crippen LogP contribution in [-0.2, 0) is 13.0 Å². The minimum absolute atomic E-state index is 0.0201. The van der Waals surface area contributed by atoms with E-state index < -0.39 is 17.7 Å². The van der Waals surface area contributed by atoms with Crippen molar-refractivity contribution in [1.82, 2.24) is 20.1 Å². The number of aryl methyl sites for hydroxylation is 1. The number of aromatic nitrogens is 3. The highest BCUT2D eigenvalue weighted by atomic mass is 79.9.